The largest absolute Gasteiger partial charge is 0.368 e. The van der Waals surface area contributed by atoms with Crippen LogP contribution in [-0.2, 0) is 0 Å². The van der Waals surface area contributed by atoms with Crippen LogP contribution < -0.4 is 11.1 Å². The minimum atomic E-state index is -0.187. The van der Waals surface area contributed by atoms with Crippen molar-refractivity contribution in [2.45, 2.75) is 25.7 Å². The van der Waals surface area contributed by atoms with Crippen molar-refractivity contribution in [3.63, 3.8) is 0 Å². The molecule has 1 amide bonds. The fraction of sp³-hybridized carbons (Fsp3) is 0.500. The van der Waals surface area contributed by atoms with Crippen molar-refractivity contribution in [2.75, 3.05) is 12.3 Å². The van der Waals surface area contributed by atoms with E-state index in [1.807, 2.05) is 6.92 Å². The topological polar surface area (TPSA) is 80.9 Å². The van der Waals surface area contributed by atoms with Gasteiger partial charge in [-0.2, -0.15) is 0 Å². The molecule has 1 heterocycles. The zero-order chi connectivity index (χ0) is 10.8. The number of anilines is 1. The van der Waals surface area contributed by atoms with Crippen LogP contribution in [0, 0.1) is 0 Å². The van der Waals surface area contributed by atoms with E-state index in [9.17, 15) is 4.79 Å². The van der Waals surface area contributed by atoms with Crippen LogP contribution in [0.3, 0.4) is 0 Å². The Morgan fingerprint density at radius 3 is 2.93 bits per heavy atom. The molecule has 3 N–H and O–H groups in total. The number of nitrogen functional groups attached to an aromatic ring is 1. The number of carbonyl (C=O) groups is 1. The number of amides is 1. The van der Waals surface area contributed by atoms with E-state index in [1.165, 1.54) is 0 Å². The molecule has 2 rings (SSSR count). The van der Waals surface area contributed by atoms with Gasteiger partial charge in [0, 0.05) is 18.2 Å². The van der Waals surface area contributed by atoms with Gasteiger partial charge in [-0.25, -0.2) is 9.97 Å². The summed E-state index contributed by atoms with van der Waals surface area (Å²) in [5.74, 6) is 0.470. The number of nitrogens with two attached hydrogens (primary N) is 1. The van der Waals surface area contributed by atoms with Crippen molar-refractivity contribution in [1.29, 1.82) is 0 Å². The molecule has 1 saturated carbocycles. The van der Waals surface area contributed by atoms with E-state index in [1.54, 1.807) is 6.07 Å². The lowest BCUT2D eigenvalue weighted by Gasteiger charge is -2.04. The van der Waals surface area contributed by atoms with Gasteiger partial charge in [-0.05, 0) is 25.8 Å². The van der Waals surface area contributed by atoms with E-state index in [0.29, 0.717) is 18.2 Å². The molecule has 0 aromatic carbocycles. The monoisotopic (exact) mass is 206 g/mol. The molecule has 80 valence electrons. The van der Waals surface area contributed by atoms with Crippen LogP contribution in [0.2, 0.25) is 0 Å². The van der Waals surface area contributed by atoms with E-state index in [2.05, 4.69) is 15.3 Å². The first-order valence-electron chi connectivity index (χ1n) is 5.13. The van der Waals surface area contributed by atoms with Crippen LogP contribution in [0.25, 0.3) is 0 Å². The van der Waals surface area contributed by atoms with Gasteiger partial charge >= 0.3 is 0 Å². The lowest BCUT2D eigenvalue weighted by atomic mass is 10.2. The molecular weight excluding hydrogens is 192 g/mol. The fourth-order valence-electron chi connectivity index (χ4n) is 1.44. The smallest absolute Gasteiger partial charge is 0.270 e. The van der Waals surface area contributed by atoms with E-state index in [0.717, 1.165) is 18.5 Å². The lowest BCUT2D eigenvalue weighted by molar-refractivity contribution is 0.0950. The molecule has 0 aliphatic heterocycles. The first-order valence-corrected chi connectivity index (χ1v) is 5.13. The zero-order valence-electron chi connectivity index (χ0n) is 8.66. The number of hydrogen-bond acceptors (Lipinski definition) is 4. The predicted octanol–water partition coefficient (Wildman–Crippen LogP) is 0.686. The van der Waals surface area contributed by atoms with Crippen LogP contribution in [0.4, 0.5) is 5.95 Å². The highest BCUT2D eigenvalue weighted by Crippen LogP contribution is 2.39. The molecule has 1 fully saturated rings. The maximum absolute atomic E-state index is 11.5. The van der Waals surface area contributed by atoms with Gasteiger partial charge in [0.15, 0.2) is 0 Å². The highest BCUT2D eigenvalue weighted by atomic mass is 16.1. The molecule has 0 radical (unpaired) electrons. The normalized spacial score (nSPS) is 15.0. The molecule has 0 bridgehead atoms. The van der Waals surface area contributed by atoms with Gasteiger partial charge in [0.1, 0.15) is 5.69 Å². The molecule has 1 aromatic heterocycles. The number of nitrogens with one attached hydrogen (secondary N) is 1. The van der Waals surface area contributed by atoms with Gasteiger partial charge in [0.05, 0.1) is 0 Å². The third-order valence-corrected chi connectivity index (χ3v) is 2.33. The second kappa shape index (κ2) is 3.84. The van der Waals surface area contributed by atoms with E-state index in [-0.39, 0.29) is 11.9 Å². The molecule has 1 aliphatic carbocycles. The van der Waals surface area contributed by atoms with Gasteiger partial charge in [0.2, 0.25) is 5.95 Å². The Morgan fingerprint density at radius 1 is 1.60 bits per heavy atom. The van der Waals surface area contributed by atoms with Gasteiger partial charge in [-0.1, -0.05) is 0 Å². The van der Waals surface area contributed by atoms with Crippen LogP contribution in [0.5, 0.6) is 0 Å². The molecule has 5 heteroatoms. The van der Waals surface area contributed by atoms with Gasteiger partial charge in [-0.3, -0.25) is 4.79 Å². The Labute approximate surface area is 88.1 Å². The summed E-state index contributed by atoms with van der Waals surface area (Å²) in [5, 5.41) is 2.69. The molecule has 0 saturated heterocycles. The van der Waals surface area contributed by atoms with Crippen molar-refractivity contribution in [3.8, 4) is 0 Å². The fourth-order valence-corrected chi connectivity index (χ4v) is 1.44. The predicted molar refractivity (Wildman–Crippen MR) is 56.4 cm³/mol. The molecule has 0 spiro atoms. The summed E-state index contributed by atoms with van der Waals surface area (Å²) in [7, 11) is 0. The van der Waals surface area contributed by atoms with E-state index >= 15 is 0 Å². The number of hydrogen-bond donors (Lipinski definition) is 2. The average Bonchev–Trinajstić information content (AvgIpc) is 3.00. The summed E-state index contributed by atoms with van der Waals surface area (Å²) < 4.78 is 0. The summed E-state index contributed by atoms with van der Waals surface area (Å²) in [5.41, 5.74) is 6.82. The van der Waals surface area contributed by atoms with Crippen molar-refractivity contribution >= 4 is 11.9 Å². The number of carbonyl (C=O) groups excluding carboxylic acids is 1. The van der Waals surface area contributed by atoms with E-state index < -0.39 is 0 Å². The summed E-state index contributed by atoms with van der Waals surface area (Å²) in [4.78, 5) is 19.6. The van der Waals surface area contributed by atoms with Gasteiger partial charge < -0.3 is 11.1 Å². The van der Waals surface area contributed by atoms with Crippen LogP contribution in [0.15, 0.2) is 6.07 Å². The lowest BCUT2D eigenvalue weighted by Crippen LogP contribution is -2.24. The van der Waals surface area contributed by atoms with Crippen LogP contribution >= 0.6 is 0 Å². The van der Waals surface area contributed by atoms with Crippen molar-refractivity contribution in [2.24, 2.45) is 0 Å². The van der Waals surface area contributed by atoms with Gasteiger partial charge in [0.25, 0.3) is 5.91 Å². The van der Waals surface area contributed by atoms with Crippen LogP contribution in [-0.4, -0.2) is 22.4 Å². The first kappa shape index (κ1) is 9.89. The molecule has 15 heavy (non-hydrogen) atoms. The maximum atomic E-state index is 11.5. The SMILES string of the molecule is CCNC(=O)c1cc(C2CC2)nc(N)n1. The highest BCUT2D eigenvalue weighted by Gasteiger charge is 2.26. The highest BCUT2D eigenvalue weighted by molar-refractivity contribution is 5.92. The third kappa shape index (κ3) is 2.23. The number of rotatable bonds is 3. The van der Waals surface area contributed by atoms with Gasteiger partial charge in [-0.15, -0.1) is 0 Å². The Bertz CT molecular complexity index is 387. The molecule has 0 atom stereocenters. The van der Waals surface area contributed by atoms with Crippen LogP contribution in [0.1, 0.15) is 41.9 Å². The summed E-state index contributed by atoms with van der Waals surface area (Å²) in [6.45, 7) is 2.45. The van der Waals surface area contributed by atoms with E-state index in [4.69, 9.17) is 5.73 Å². The van der Waals surface area contributed by atoms with Crippen molar-refractivity contribution < 1.29 is 4.79 Å². The number of aromatic nitrogens is 2. The third-order valence-electron chi connectivity index (χ3n) is 2.33. The maximum Gasteiger partial charge on any atom is 0.270 e. The Balaban J connectivity index is 2.26. The average molecular weight is 206 g/mol. The minimum Gasteiger partial charge on any atom is -0.368 e. The number of nitrogens with zero attached hydrogens (tertiary/aromatic N) is 2. The summed E-state index contributed by atoms with van der Waals surface area (Å²) in [6, 6.07) is 1.74. The summed E-state index contributed by atoms with van der Waals surface area (Å²) in [6.07, 6.45) is 2.26. The molecule has 1 aliphatic rings. The summed E-state index contributed by atoms with van der Waals surface area (Å²) >= 11 is 0. The Hall–Kier alpha value is -1.65. The molecule has 0 unspecified atom stereocenters. The molecule has 1 aromatic rings. The minimum absolute atomic E-state index is 0.181. The second-order valence-corrected chi connectivity index (χ2v) is 3.67. The van der Waals surface area contributed by atoms with Crippen molar-refractivity contribution in [1.82, 2.24) is 15.3 Å². The quantitative estimate of drug-likeness (QED) is 0.762. The second-order valence-electron chi connectivity index (χ2n) is 3.67. The molecular formula is C10H14N4O. The zero-order valence-corrected chi connectivity index (χ0v) is 8.66. The standard InChI is InChI=1S/C10H14N4O/c1-2-12-9(15)8-5-7(6-3-4-6)13-10(11)14-8/h5-6H,2-4H2,1H3,(H,12,15)(H2,11,13,14). The Morgan fingerprint density at radius 2 is 2.33 bits per heavy atom. The van der Waals surface area contributed by atoms with Crippen molar-refractivity contribution in [3.05, 3.63) is 17.5 Å². The first-order chi connectivity index (χ1) is 7.20. The Kier molecular flexibility index (Phi) is 2.53. The molecule has 5 nitrogen and oxygen atoms in total.